The molecule has 3 aliphatic rings. The maximum absolute atomic E-state index is 6.73. The Morgan fingerprint density at radius 2 is 1.00 bits per heavy atom. The van der Waals surface area contributed by atoms with Gasteiger partial charge in [-0.3, -0.25) is 0 Å². The van der Waals surface area contributed by atoms with Crippen LogP contribution in [0.5, 0.6) is 11.5 Å². The second-order valence-corrected chi connectivity index (χ2v) is 14.1. The van der Waals surface area contributed by atoms with Crippen molar-refractivity contribution in [3.8, 4) is 44.9 Å². The van der Waals surface area contributed by atoms with E-state index >= 15 is 0 Å². The van der Waals surface area contributed by atoms with Crippen molar-refractivity contribution in [1.82, 2.24) is 0 Å². The van der Waals surface area contributed by atoms with Crippen LogP contribution >= 0.6 is 0 Å². The number of rotatable bonds is 2. The summed E-state index contributed by atoms with van der Waals surface area (Å²) < 4.78 is 6.73. The minimum Gasteiger partial charge on any atom is -0.457 e. The van der Waals surface area contributed by atoms with Gasteiger partial charge in [-0.1, -0.05) is 158 Å². The molecular formula is C49H32O. The molecule has 50 heavy (non-hydrogen) atoms. The first kappa shape index (κ1) is 27.7. The van der Waals surface area contributed by atoms with Crippen LogP contribution in [-0.4, -0.2) is 0 Å². The third-order valence-electron chi connectivity index (χ3n) is 11.8. The number of hydrogen-bond donors (Lipinski definition) is 0. The maximum atomic E-state index is 6.73. The Kier molecular flexibility index (Phi) is 5.51. The number of fused-ring (bicyclic) bond motifs is 14. The largest absolute Gasteiger partial charge is 0.457 e. The Morgan fingerprint density at radius 1 is 0.400 bits per heavy atom. The molecule has 8 aromatic rings. The molecule has 0 fully saturated rings. The highest BCUT2D eigenvalue weighted by Gasteiger charge is 2.52. The van der Waals surface area contributed by atoms with Crippen molar-refractivity contribution in [2.45, 2.75) is 17.8 Å². The monoisotopic (exact) mass is 636 g/mol. The van der Waals surface area contributed by atoms with Crippen molar-refractivity contribution < 1.29 is 4.74 Å². The minimum atomic E-state index is -0.449. The van der Waals surface area contributed by atoms with E-state index < -0.39 is 10.8 Å². The van der Waals surface area contributed by atoms with Gasteiger partial charge in [0.05, 0.1) is 10.8 Å². The second-order valence-electron chi connectivity index (χ2n) is 14.1. The lowest BCUT2D eigenvalue weighted by Gasteiger charge is -2.39. The highest BCUT2D eigenvalue weighted by atomic mass is 16.5. The molecule has 2 aliphatic carbocycles. The van der Waals surface area contributed by atoms with Crippen molar-refractivity contribution in [1.29, 1.82) is 0 Å². The lowest BCUT2D eigenvalue weighted by molar-refractivity contribution is 0.428. The van der Waals surface area contributed by atoms with Gasteiger partial charge in [-0.15, -0.1) is 0 Å². The van der Waals surface area contributed by atoms with E-state index in [1.807, 2.05) is 0 Å². The van der Waals surface area contributed by atoms with Gasteiger partial charge >= 0.3 is 0 Å². The van der Waals surface area contributed by atoms with Crippen molar-refractivity contribution in [2.75, 3.05) is 0 Å². The van der Waals surface area contributed by atoms with Gasteiger partial charge in [0.1, 0.15) is 11.5 Å². The van der Waals surface area contributed by atoms with Crippen LogP contribution in [0.1, 0.15) is 45.9 Å². The fourth-order valence-electron chi connectivity index (χ4n) is 9.75. The smallest absolute Gasteiger partial charge is 0.132 e. The van der Waals surface area contributed by atoms with Gasteiger partial charge in [0.25, 0.3) is 0 Å². The number of benzene rings is 8. The predicted molar refractivity (Wildman–Crippen MR) is 204 cm³/mol. The molecule has 1 aliphatic heterocycles. The average molecular weight is 637 g/mol. The zero-order valence-corrected chi connectivity index (χ0v) is 27.7. The lowest BCUT2D eigenvalue weighted by atomic mass is 9.66. The lowest BCUT2D eigenvalue weighted by Crippen LogP contribution is -2.30. The van der Waals surface area contributed by atoms with Crippen LogP contribution in [0.3, 0.4) is 0 Å². The first-order chi connectivity index (χ1) is 24.7. The zero-order chi connectivity index (χ0) is 33.0. The van der Waals surface area contributed by atoms with Crippen LogP contribution in [-0.2, 0) is 10.8 Å². The molecule has 1 heterocycles. The van der Waals surface area contributed by atoms with Crippen molar-refractivity contribution >= 4 is 10.8 Å². The van der Waals surface area contributed by atoms with Gasteiger partial charge in [0.15, 0.2) is 0 Å². The average Bonchev–Trinajstić information content (AvgIpc) is 3.65. The molecule has 1 nitrogen and oxygen atoms in total. The van der Waals surface area contributed by atoms with Crippen molar-refractivity contribution in [3.63, 3.8) is 0 Å². The van der Waals surface area contributed by atoms with Crippen LogP contribution in [0.2, 0.25) is 0 Å². The van der Waals surface area contributed by atoms with Crippen LogP contribution in [0, 0.1) is 0 Å². The fourth-order valence-corrected chi connectivity index (χ4v) is 9.75. The van der Waals surface area contributed by atoms with Gasteiger partial charge in [0, 0.05) is 11.1 Å². The molecule has 0 radical (unpaired) electrons. The molecular weight excluding hydrogens is 605 g/mol. The number of ether oxygens (including phenoxy) is 1. The molecule has 0 N–H and O–H groups in total. The molecule has 2 unspecified atom stereocenters. The van der Waals surface area contributed by atoms with E-state index in [2.05, 4.69) is 183 Å². The van der Waals surface area contributed by atoms with Crippen molar-refractivity contribution in [3.05, 3.63) is 215 Å². The third kappa shape index (κ3) is 3.37. The van der Waals surface area contributed by atoms with E-state index in [9.17, 15) is 0 Å². The minimum absolute atomic E-state index is 0.426. The predicted octanol–water partition coefficient (Wildman–Crippen LogP) is 12.3. The molecule has 0 amide bonds. The second kappa shape index (κ2) is 9.94. The van der Waals surface area contributed by atoms with E-state index in [0.717, 1.165) is 11.5 Å². The molecule has 0 aromatic heterocycles. The zero-order valence-electron chi connectivity index (χ0n) is 27.7. The molecule has 0 bridgehead atoms. The van der Waals surface area contributed by atoms with E-state index in [-0.39, 0.29) is 0 Å². The fraction of sp³-hybridized carbons (Fsp3) is 0.0612. The van der Waals surface area contributed by atoms with Crippen LogP contribution in [0.25, 0.3) is 44.2 Å². The Labute approximate surface area is 292 Å². The van der Waals surface area contributed by atoms with Gasteiger partial charge in [-0.25, -0.2) is 0 Å². The Balaban J connectivity index is 1.24. The Morgan fingerprint density at radius 3 is 1.82 bits per heavy atom. The summed E-state index contributed by atoms with van der Waals surface area (Å²) in [4.78, 5) is 0. The SMILES string of the molecule is CC1(c2ccccc2)c2ccccc2Oc2cccc(-c3ccc4c(c3)C3(c5ccccc5-4)c4ccccc4-c4ccc5ccccc5c43)c21. The summed E-state index contributed by atoms with van der Waals surface area (Å²) in [5.41, 5.74) is 15.9. The molecule has 11 rings (SSSR count). The van der Waals surface area contributed by atoms with E-state index in [1.165, 1.54) is 83.1 Å². The summed E-state index contributed by atoms with van der Waals surface area (Å²) in [6, 6.07) is 65.0. The van der Waals surface area contributed by atoms with E-state index in [4.69, 9.17) is 4.74 Å². The standard InChI is InChI=1S/C49H32O/c1-48(33-15-3-2-4-16-33)42-23-11-12-24-44(42)50-45-25-13-20-35(47(45)48)32-27-28-38-36-18-7-9-21-40(36)49(43(38)30-32)41-22-10-8-19-37(41)39-29-26-31-14-5-6-17-34(31)46(39)49/h2-30H,1H3. The van der Waals surface area contributed by atoms with E-state index in [1.54, 1.807) is 0 Å². The topological polar surface area (TPSA) is 9.23 Å². The highest BCUT2D eigenvalue weighted by Crippen LogP contribution is 2.65. The van der Waals surface area contributed by atoms with Gasteiger partial charge in [-0.05, 0) is 97.1 Å². The quantitative estimate of drug-likeness (QED) is 0.183. The van der Waals surface area contributed by atoms with Crippen molar-refractivity contribution in [2.24, 2.45) is 0 Å². The molecule has 8 aromatic carbocycles. The Bertz CT molecular complexity index is 2690. The van der Waals surface area contributed by atoms with Crippen LogP contribution in [0.15, 0.2) is 176 Å². The Hall–Kier alpha value is -6.18. The summed E-state index contributed by atoms with van der Waals surface area (Å²) in [6.45, 7) is 2.37. The molecule has 2 atom stereocenters. The van der Waals surface area contributed by atoms with Crippen LogP contribution in [0.4, 0.5) is 0 Å². The van der Waals surface area contributed by atoms with Crippen LogP contribution < -0.4 is 4.74 Å². The highest BCUT2D eigenvalue weighted by molar-refractivity contribution is 6.04. The summed E-state index contributed by atoms with van der Waals surface area (Å²) >= 11 is 0. The normalized spacial score (nSPS) is 18.8. The first-order valence-corrected chi connectivity index (χ1v) is 17.5. The number of para-hydroxylation sites is 1. The summed E-state index contributed by atoms with van der Waals surface area (Å²) in [6.07, 6.45) is 0. The molecule has 234 valence electrons. The third-order valence-corrected chi connectivity index (χ3v) is 11.8. The summed E-state index contributed by atoms with van der Waals surface area (Å²) in [7, 11) is 0. The van der Waals surface area contributed by atoms with Gasteiger partial charge in [0.2, 0.25) is 0 Å². The molecule has 0 saturated heterocycles. The van der Waals surface area contributed by atoms with Gasteiger partial charge < -0.3 is 4.74 Å². The van der Waals surface area contributed by atoms with Gasteiger partial charge in [-0.2, -0.15) is 0 Å². The summed E-state index contributed by atoms with van der Waals surface area (Å²) in [5, 5.41) is 2.58. The molecule has 1 heteroatoms. The first-order valence-electron chi connectivity index (χ1n) is 17.5. The molecule has 1 spiro atoms. The summed E-state index contributed by atoms with van der Waals surface area (Å²) in [5.74, 6) is 1.83. The number of hydrogen-bond acceptors (Lipinski definition) is 1. The van der Waals surface area contributed by atoms with E-state index in [0.29, 0.717) is 0 Å². The maximum Gasteiger partial charge on any atom is 0.132 e. The molecule has 0 saturated carbocycles.